The Hall–Kier alpha value is -2.29. The number of halogens is 3. The second-order valence-electron chi connectivity index (χ2n) is 6.24. The second-order valence-corrected chi connectivity index (χ2v) is 7.99. The molecule has 158 valence electrons. The van der Waals surface area contributed by atoms with Crippen molar-refractivity contribution in [2.24, 2.45) is 0 Å². The van der Waals surface area contributed by atoms with Gasteiger partial charge in [-0.3, -0.25) is 4.79 Å². The number of amides is 1. The van der Waals surface area contributed by atoms with Crippen molar-refractivity contribution in [3.05, 3.63) is 64.2 Å². The van der Waals surface area contributed by atoms with Gasteiger partial charge in [-0.25, -0.2) is 4.39 Å². The maximum Gasteiger partial charge on any atom is 0.234 e. The lowest BCUT2D eigenvalue weighted by Crippen LogP contribution is -2.15. The first-order chi connectivity index (χ1) is 14.4. The van der Waals surface area contributed by atoms with Crippen molar-refractivity contribution in [2.75, 3.05) is 11.1 Å². The predicted octanol–water partition coefficient (Wildman–Crippen LogP) is 5.61. The molecule has 0 spiro atoms. The number of carbonyl (C=O) groups is 1. The summed E-state index contributed by atoms with van der Waals surface area (Å²) in [6.45, 7) is 4.42. The largest absolute Gasteiger partial charge is 0.481 e. The SMILES string of the molecule is CCn1c(SCC(=O)Nc2ccc(F)cc2Cl)nnc1C(C)Oc1ccccc1Cl. The molecule has 0 aliphatic heterocycles. The zero-order valence-corrected chi connectivity index (χ0v) is 18.6. The monoisotopic (exact) mass is 468 g/mol. The minimum atomic E-state index is -0.468. The van der Waals surface area contributed by atoms with E-state index in [1.54, 1.807) is 12.1 Å². The maximum atomic E-state index is 13.1. The van der Waals surface area contributed by atoms with E-state index in [0.29, 0.717) is 34.0 Å². The Bertz CT molecular complexity index is 1050. The van der Waals surface area contributed by atoms with E-state index >= 15 is 0 Å². The average Bonchev–Trinajstić information content (AvgIpc) is 3.13. The molecular formula is C20H19Cl2FN4O2S. The van der Waals surface area contributed by atoms with Crippen LogP contribution in [0.15, 0.2) is 47.6 Å². The van der Waals surface area contributed by atoms with Crippen LogP contribution >= 0.6 is 35.0 Å². The highest BCUT2D eigenvalue weighted by atomic mass is 35.5. The molecule has 0 aliphatic rings. The number of benzene rings is 2. The summed E-state index contributed by atoms with van der Waals surface area (Å²) in [6, 6.07) is 11.0. The summed E-state index contributed by atoms with van der Waals surface area (Å²) in [5, 5.41) is 12.3. The van der Waals surface area contributed by atoms with Crippen molar-refractivity contribution in [1.82, 2.24) is 14.8 Å². The molecule has 1 heterocycles. The zero-order chi connectivity index (χ0) is 21.7. The van der Waals surface area contributed by atoms with Crippen molar-refractivity contribution < 1.29 is 13.9 Å². The number of rotatable bonds is 8. The first-order valence-electron chi connectivity index (χ1n) is 9.11. The number of anilines is 1. The molecule has 3 rings (SSSR count). The van der Waals surface area contributed by atoms with Gasteiger partial charge in [0.1, 0.15) is 11.6 Å². The van der Waals surface area contributed by atoms with Crippen LogP contribution in [-0.4, -0.2) is 26.4 Å². The number of hydrogen-bond donors (Lipinski definition) is 1. The van der Waals surface area contributed by atoms with E-state index in [0.717, 1.165) is 6.07 Å². The fourth-order valence-corrected chi connectivity index (χ4v) is 3.90. The van der Waals surface area contributed by atoms with Gasteiger partial charge in [-0.1, -0.05) is 47.1 Å². The van der Waals surface area contributed by atoms with Crippen LogP contribution < -0.4 is 10.1 Å². The fraction of sp³-hybridized carbons (Fsp3) is 0.250. The number of nitrogens with zero attached hydrogens (tertiary/aromatic N) is 3. The van der Waals surface area contributed by atoms with Crippen molar-refractivity contribution in [1.29, 1.82) is 0 Å². The van der Waals surface area contributed by atoms with E-state index in [2.05, 4.69) is 15.5 Å². The van der Waals surface area contributed by atoms with E-state index in [1.807, 2.05) is 30.5 Å². The molecule has 0 radical (unpaired) electrons. The van der Waals surface area contributed by atoms with Gasteiger partial charge in [0.15, 0.2) is 17.1 Å². The number of carbonyl (C=O) groups excluding carboxylic acids is 1. The topological polar surface area (TPSA) is 69.0 Å². The molecule has 6 nitrogen and oxygen atoms in total. The van der Waals surface area contributed by atoms with Crippen LogP contribution in [0, 0.1) is 5.82 Å². The number of hydrogen-bond acceptors (Lipinski definition) is 5. The molecule has 0 aliphatic carbocycles. The molecule has 0 bridgehead atoms. The van der Waals surface area contributed by atoms with E-state index < -0.39 is 11.9 Å². The van der Waals surface area contributed by atoms with Gasteiger partial charge in [-0.15, -0.1) is 10.2 Å². The van der Waals surface area contributed by atoms with Gasteiger partial charge in [0, 0.05) is 6.54 Å². The van der Waals surface area contributed by atoms with Gasteiger partial charge in [-0.2, -0.15) is 0 Å². The van der Waals surface area contributed by atoms with Crippen LogP contribution in [0.25, 0.3) is 0 Å². The third kappa shape index (κ3) is 5.44. The number of nitrogens with one attached hydrogen (secondary N) is 1. The minimum absolute atomic E-state index is 0.0889. The summed E-state index contributed by atoms with van der Waals surface area (Å²) >= 11 is 13.3. The molecule has 1 aromatic heterocycles. The molecule has 0 saturated carbocycles. The molecule has 0 fully saturated rings. The van der Waals surface area contributed by atoms with Crippen molar-refractivity contribution in [3.63, 3.8) is 0 Å². The molecule has 2 aromatic carbocycles. The van der Waals surface area contributed by atoms with Crippen molar-refractivity contribution in [3.8, 4) is 5.75 Å². The standard InChI is InChI=1S/C20H19Cl2FN4O2S/c1-3-27-19(12(2)29-17-7-5-4-6-14(17)21)25-26-20(27)30-11-18(28)24-16-9-8-13(23)10-15(16)22/h4-10,12H,3,11H2,1-2H3,(H,24,28). The van der Waals surface area contributed by atoms with Crippen molar-refractivity contribution >= 4 is 46.6 Å². The molecule has 30 heavy (non-hydrogen) atoms. The Balaban J connectivity index is 1.65. The molecule has 1 unspecified atom stereocenters. The summed E-state index contributed by atoms with van der Waals surface area (Å²) in [6.07, 6.45) is -0.390. The van der Waals surface area contributed by atoms with Crippen LogP contribution in [0.2, 0.25) is 10.0 Å². The van der Waals surface area contributed by atoms with E-state index in [4.69, 9.17) is 27.9 Å². The van der Waals surface area contributed by atoms with Crippen LogP contribution in [0.5, 0.6) is 5.75 Å². The summed E-state index contributed by atoms with van der Waals surface area (Å²) in [5.74, 6) is 0.514. The summed E-state index contributed by atoms with van der Waals surface area (Å²) in [5.41, 5.74) is 0.350. The maximum absolute atomic E-state index is 13.1. The smallest absolute Gasteiger partial charge is 0.234 e. The number of para-hydroxylation sites is 1. The number of thioether (sulfide) groups is 1. The van der Waals surface area contributed by atoms with E-state index in [-0.39, 0.29) is 16.7 Å². The summed E-state index contributed by atoms with van der Waals surface area (Å²) in [7, 11) is 0. The molecular weight excluding hydrogens is 450 g/mol. The van der Waals surface area contributed by atoms with Crippen LogP contribution in [0.1, 0.15) is 25.8 Å². The zero-order valence-electron chi connectivity index (χ0n) is 16.2. The Morgan fingerprint density at radius 1 is 1.23 bits per heavy atom. The third-order valence-corrected chi connectivity index (χ3v) is 5.69. The minimum Gasteiger partial charge on any atom is -0.481 e. The van der Waals surface area contributed by atoms with Gasteiger partial charge in [0.2, 0.25) is 5.91 Å². The van der Waals surface area contributed by atoms with Gasteiger partial charge in [0.25, 0.3) is 0 Å². The first-order valence-corrected chi connectivity index (χ1v) is 10.8. The predicted molar refractivity (Wildman–Crippen MR) is 117 cm³/mol. The Morgan fingerprint density at radius 2 is 2.00 bits per heavy atom. The van der Waals surface area contributed by atoms with Crippen LogP contribution in [-0.2, 0) is 11.3 Å². The average molecular weight is 469 g/mol. The highest BCUT2D eigenvalue weighted by Gasteiger charge is 2.20. The third-order valence-electron chi connectivity index (χ3n) is 4.10. The second kappa shape index (κ2) is 10.1. The van der Waals surface area contributed by atoms with Crippen LogP contribution in [0.3, 0.4) is 0 Å². The summed E-state index contributed by atoms with van der Waals surface area (Å²) < 4.78 is 20.9. The number of ether oxygens (including phenoxy) is 1. The molecule has 1 N–H and O–H groups in total. The lowest BCUT2D eigenvalue weighted by atomic mass is 10.3. The van der Waals surface area contributed by atoms with Gasteiger partial charge in [0.05, 0.1) is 21.5 Å². The fourth-order valence-electron chi connectivity index (χ4n) is 2.70. The number of aromatic nitrogens is 3. The molecule has 1 amide bonds. The van der Waals surface area contributed by atoms with Crippen molar-refractivity contribution in [2.45, 2.75) is 31.7 Å². The summed E-state index contributed by atoms with van der Waals surface area (Å²) in [4.78, 5) is 12.3. The Kier molecular flexibility index (Phi) is 7.58. The highest BCUT2D eigenvalue weighted by Crippen LogP contribution is 2.29. The quantitative estimate of drug-likeness (QED) is 0.434. The normalized spacial score (nSPS) is 11.9. The van der Waals surface area contributed by atoms with E-state index in [9.17, 15) is 9.18 Å². The van der Waals surface area contributed by atoms with Crippen LogP contribution in [0.4, 0.5) is 10.1 Å². The first kappa shape index (κ1) is 22.4. The molecule has 1 atom stereocenters. The Morgan fingerprint density at radius 3 is 2.70 bits per heavy atom. The molecule has 10 heteroatoms. The van der Waals surface area contributed by atoms with Gasteiger partial charge < -0.3 is 14.6 Å². The van der Waals surface area contributed by atoms with Gasteiger partial charge >= 0.3 is 0 Å². The lowest BCUT2D eigenvalue weighted by molar-refractivity contribution is -0.113. The molecule has 3 aromatic rings. The lowest BCUT2D eigenvalue weighted by Gasteiger charge is -2.16. The molecule has 0 saturated heterocycles. The highest BCUT2D eigenvalue weighted by molar-refractivity contribution is 7.99. The Labute approximate surface area is 187 Å². The van der Waals surface area contributed by atoms with Gasteiger partial charge in [-0.05, 0) is 44.2 Å². The van der Waals surface area contributed by atoms with E-state index in [1.165, 1.54) is 23.9 Å².